The maximum absolute atomic E-state index is 12.8. The molecule has 0 atom stereocenters. The molecule has 3 aromatic rings. The number of thiazole rings is 1. The van der Waals surface area contributed by atoms with Crippen molar-refractivity contribution in [1.29, 1.82) is 0 Å². The average molecular weight is 434 g/mol. The Morgan fingerprint density at radius 1 is 1.29 bits per heavy atom. The van der Waals surface area contributed by atoms with Crippen molar-refractivity contribution in [3.05, 3.63) is 62.9 Å². The highest BCUT2D eigenvalue weighted by molar-refractivity contribution is 7.99. The van der Waals surface area contributed by atoms with Gasteiger partial charge in [0.1, 0.15) is 0 Å². The zero-order valence-electron chi connectivity index (χ0n) is 15.5. The van der Waals surface area contributed by atoms with E-state index >= 15 is 0 Å². The predicted molar refractivity (Wildman–Crippen MR) is 118 cm³/mol. The van der Waals surface area contributed by atoms with Gasteiger partial charge in [-0.3, -0.25) is 14.9 Å². The smallest absolute Gasteiger partial charge is 0.279 e. The molecular weight excluding hydrogens is 414 g/mol. The second kappa shape index (κ2) is 9.40. The van der Waals surface area contributed by atoms with Gasteiger partial charge in [-0.05, 0) is 36.3 Å². The van der Waals surface area contributed by atoms with E-state index in [1.54, 1.807) is 35.7 Å². The molecule has 0 unspecified atom stereocenters. The van der Waals surface area contributed by atoms with E-state index < -0.39 is 4.92 Å². The summed E-state index contributed by atoms with van der Waals surface area (Å²) in [5, 5.41) is 11.1. The molecule has 28 heavy (non-hydrogen) atoms. The van der Waals surface area contributed by atoms with Gasteiger partial charge in [0.05, 0.1) is 15.1 Å². The molecule has 0 N–H and O–H groups in total. The topological polar surface area (TPSA) is 77.5 Å². The Hall–Kier alpha value is -2.10. The summed E-state index contributed by atoms with van der Waals surface area (Å²) >= 11 is 4.67. The molecule has 1 heterocycles. The van der Waals surface area contributed by atoms with Crippen molar-refractivity contribution in [2.24, 2.45) is 4.99 Å². The van der Waals surface area contributed by atoms with Crippen molar-refractivity contribution in [3.63, 3.8) is 0 Å². The van der Waals surface area contributed by atoms with E-state index in [0.29, 0.717) is 16.9 Å². The van der Waals surface area contributed by atoms with Crippen LogP contribution in [0, 0.1) is 10.1 Å². The number of aromatic nitrogens is 1. The fourth-order valence-electron chi connectivity index (χ4n) is 2.70. The van der Waals surface area contributed by atoms with Crippen molar-refractivity contribution in [2.45, 2.75) is 18.4 Å². The van der Waals surface area contributed by atoms with Crippen molar-refractivity contribution in [2.75, 3.05) is 17.8 Å². The Balaban J connectivity index is 2.07. The summed E-state index contributed by atoms with van der Waals surface area (Å²) in [6, 6.07) is 12.2. The largest absolute Gasteiger partial charge is 0.315 e. The van der Waals surface area contributed by atoms with Crippen LogP contribution in [-0.4, -0.2) is 33.2 Å². The number of carbonyl (C=O) groups excluding carboxylic acids is 1. The maximum atomic E-state index is 12.8. The van der Waals surface area contributed by atoms with Crippen LogP contribution >= 0.6 is 34.9 Å². The van der Waals surface area contributed by atoms with Gasteiger partial charge in [0, 0.05) is 34.9 Å². The highest BCUT2D eigenvalue weighted by Gasteiger charge is 2.13. The van der Waals surface area contributed by atoms with Crippen molar-refractivity contribution >= 4 is 56.7 Å². The number of nitrogens with zero attached hydrogens (tertiary/aromatic N) is 3. The number of nitro benzene ring substituents is 1. The Kier molecular flexibility index (Phi) is 6.93. The SMILES string of the molecule is CCSc1cccc(C(=O)N=c2sc3cc([N+](=O)[O-])ccc3n2CCSC)c1. The van der Waals surface area contributed by atoms with Crippen LogP contribution < -0.4 is 4.80 Å². The number of nitro groups is 1. The van der Waals surface area contributed by atoms with Gasteiger partial charge in [-0.15, -0.1) is 11.8 Å². The first-order valence-electron chi connectivity index (χ1n) is 8.62. The minimum absolute atomic E-state index is 0.0351. The molecule has 0 saturated heterocycles. The maximum Gasteiger partial charge on any atom is 0.279 e. The summed E-state index contributed by atoms with van der Waals surface area (Å²) in [6.45, 7) is 2.74. The summed E-state index contributed by atoms with van der Waals surface area (Å²) in [4.78, 5) is 29.4. The predicted octanol–water partition coefficient (Wildman–Crippen LogP) is 4.83. The number of rotatable bonds is 7. The zero-order valence-corrected chi connectivity index (χ0v) is 17.9. The van der Waals surface area contributed by atoms with E-state index in [1.807, 2.05) is 29.0 Å². The van der Waals surface area contributed by atoms with Gasteiger partial charge >= 0.3 is 0 Å². The number of carbonyl (C=O) groups is 1. The fraction of sp³-hybridized carbons (Fsp3) is 0.263. The molecular formula is C19H19N3O3S3. The first-order valence-corrected chi connectivity index (χ1v) is 11.8. The standard InChI is InChI=1S/C19H19N3O3S3/c1-3-27-15-6-4-5-13(11-15)18(23)20-19-21(9-10-26-2)16-8-7-14(22(24)25)12-17(16)28-19/h4-8,11-12H,3,9-10H2,1-2H3. The first-order chi connectivity index (χ1) is 13.5. The van der Waals surface area contributed by atoms with Gasteiger partial charge in [0.15, 0.2) is 4.80 Å². The minimum atomic E-state index is -0.412. The molecule has 1 amide bonds. The molecule has 2 aromatic carbocycles. The van der Waals surface area contributed by atoms with E-state index in [-0.39, 0.29) is 11.6 Å². The molecule has 0 spiro atoms. The van der Waals surface area contributed by atoms with Crippen LogP contribution in [0.2, 0.25) is 0 Å². The summed E-state index contributed by atoms with van der Waals surface area (Å²) in [5.74, 6) is 1.48. The van der Waals surface area contributed by atoms with E-state index in [2.05, 4.69) is 11.9 Å². The Morgan fingerprint density at radius 2 is 2.11 bits per heavy atom. The van der Waals surface area contributed by atoms with Crippen molar-refractivity contribution in [1.82, 2.24) is 4.57 Å². The highest BCUT2D eigenvalue weighted by atomic mass is 32.2. The van der Waals surface area contributed by atoms with E-state index in [4.69, 9.17) is 0 Å². The third kappa shape index (κ3) is 4.65. The van der Waals surface area contributed by atoms with Crippen LogP contribution in [0.4, 0.5) is 5.69 Å². The number of hydrogen-bond donors (Lipinski definition) is 0. The van der Waals surface area contributed by atoms with Crippen LogP contribution in [0.1, 0.15) is 17.3 Å². The van der Waals surface area contributed by atoms with Crippen LogP contribution in [0.3, 0.4) is 0 Å². The molecule has 0 saturated carbocycles. The van der Waals surface area contributed by atoms with Gasteiger partial charge in [-0.1, -0.05) is 24.3 Å². The first kappa shape index (κ1) is 20.6. The summed E-state index contributed by atoms with van der Waals surface area (Å²) in [5.41, 5.74) is 1.43. The third-order valence-electron chi connectivity index (χ3n) is 3.99. The lowest BCUT2D eigenvalue weighted by molar-refractivity contribution is -0.384. The highest BCUT2D eigenvalue weighted by Crippen LogP contribution is 2.24. The van der Waals surface area contributed by atoms with Gasteiger partial charge < -0.3 is 4.57 Å². The van der Waals surface area contributed by atoms with Crippen LogP contribution in [0.5, 0.6) is 0 Å². The minimum Gasteiger partial charge on any atom is -0.315 e. The van der Waals surface area contributed by atoms with Gasteiger partial charge in [-0.25, -0.2) is 0 Å². The molecule has 0 fully saturated rings. The second-order valence-corrected chi connectivity index (χ2v) is 9.15. The number of fused-ring (bicyclic) bond motifs is 1. The van der Waals surface area contributed by atoms with Gasteiger partial charge in [0.2, 0.25) is 0 Å². The molecule has 0 bridgehead atoms. The Bertz CT molecular complexity index is 1090. The van der Waals surface area contributed by atoms with Gasteiger partial charge in [0.25, 0.3) is 11.6 Å². The van der Waals surface area contributed by atoms with Crippen molar-refractivity contribution in [3.8, 4) is 0 Å². The number of benzene rings is 2. The number of thioether (sulfide) groups is 2. The fourth-order valence-corrected chi connectivity index (χ4v) is 4.87. The Labute approximate surface area is 174 Å². The van der Waals surface area contributed by atoms with E-state index in [9.17, 15) is 14.9 Å². The lowest BCUT2D eigenvalue weighted by atomic mass is 10.2. The quantitative estimate of drug-likeness (QED) is 0.303. The lowest BCUT2D eigenvalue weighted by Crippen LogP contribution is -2.18. The van der Waals surface area contributed by atoms with E-state index in [0.717, 1.165) is 26.6 Å². The third-order valence-corrected chi connectivity index (χ3v) is 6.49. The monoisotopic (exact) mass is 433 g/mol. The van der Waals surface area contributed by atoms with Crippen molar-refractivity contribution < 1.29 is 9.72 Å². The summed E-state index contributed by atoms with van der Waals surface area (Å²) in [7, 11) is 0. The molecule has 9 heteroatoms. The lowest BCUT2D eigenvalue weighted by Gasteiger charge is -2.04. The molecule has 1 aromatic heterocycles. The van der Waals surface area contributed by atoms with Crippen LogP contribution in [0.25, 0.3) is 10.2 Å². The average Bonchev–Trinajstić information content (AvgIpc) is 3.02. The Morgan fingerprint density at radius 3 is 2.82 bits per heavy atom. The molecule has 0 aliphatic heterocycles. The number of aryl methyl sites for hydroxylation is 1. The normalized spacial score (nSPS) is 11.9. The zero-order chi connectivity index (χ0) is 20.1. The van der Waals surface area contributed by atoms with Crippen LogP contribution in [-0.2, 0) is 6.54 Å². The van der Waals surface area contributed by atoms with E-state index in [1.165, 1.54) is 23.5 Å². The molecule has 3 rings (SSSR count). The summed E-state index contributed by atoms with van der Waals surface area (Å²) < 4.78 is 2.71. The summed E-state index contributed by atoms with van der Waals surface area (Å²) in [6.07, 6.45) is 2.01. The molecule has 6 nitrogen and oxygen atoms in total. The molecule has 0 aliphatic carbocycles. The second-order valence-electron chi connectivity index (χ2n) is 5.82. The van der Waals surface area contributed by atoms with Gasteiger partial charge in [-0.2, -0.15) is 16.8 Å². The number of amides is 1. The molecule has 0 radical (unpaired) electrons. The molecule has 146 valence electrons. The number of non-ortho nitro benzene ring substituents is 1. The van der Waals surface area contributed by atoms with Crippen LogP contribution in [0.15, 0.2) is 52.4 Å². The molecule has 0 aliphatic rings. The number of hydrogen-bond acceptors (Lipinski definition) is 6.